The molecule has 0 heterocycles. The number of likely N-dealkylation sites (N-methyl/N-ethyl adjacent to an activating group) is 1. The molecule has 0 aliphatic rings. The summed E-state index contributed by atoms with van der Waals surface area (Å²) >= 11 is 0. The van der Waals surface area contributed by atoms with Gasteiger partial charge >= 0.3 is 7.82 Å². The monoisotopic (exact) mass is 996 g/mol. The molecule has 3 unspecified atom stereocenters. The summed E-state index contributed by atoms with van der Waals surface area (Å²) in [6.07, 6.45) is 74.2. The summed E-state index contributed by atoms with van der Waals surface area (Å²) in [5, 5.41) is 14.0. The maximum absolute atomic E-state index is 13.0. The summed E-state index contributed by atoms with van der Waals surface area (Å²) < 4.78 is 23.7. The van der Waals surface area contributed by atoms with Gasteiger partial charge in [-0.3, -0.25) is 13.8 Å². The first-order chi connectivity index (χ1) is 34.0. The molecule has 0 rings (SSSR count). The molecule has 0 aromatic carbocycles. The number of aliphatic hydroxyl groups excluding tert-OH is 1. The third-order valence-electron chi connectivity index (χ3n) is 12.0. The van der Waals surface area contributed by atoms with E-state index < -0.39 is 20.0 Å². The number of phosphoric acid groups is 1. The van der Waals surface area contributed by atoms with E-state index in [-0.39, 0.29) is 19.1 Å². The lowest BCUT2D eigenvalue weighted by atomic mass is 10.0. The SMILES string of the molecule is CC/C=C\C/C=C\C/C=C\C/C=C\C/C=C\C/C=C\C/C=C\C/C=C\C/C=C\CCCCCCCCCC(=O)NC(COP(=O)(O)OCC[N+](C)(C)C)C(O)CCCCCCCCCCCCCCC. The number of nitrogens with one attached hydrogen (secondary N) is 1. The highest BCUT2D eigenvalue weighted by molar-refractivity contribution is 7.47. The van der Waals surface area contributed by atoms with Gasteiger partial charge in [0.15, 0.2) is 0 Å². The highest BCUT2D eigenvalue weighted by Gasteiger charge is 2.28. The lowest BCUT2D eigenvalue weighted by Gasteiger charge is -2.26. The van der Waals surface area contributed by atoms with Crippen LogP contribution in [0.15, 0.2) is 109 Å². The zero-order chi connectivity index (χ0) is 51.3. The zero-order valence-electron chi connectivity index (χ0n) is 45.7. The Kier molecular flexibility index (Phi) is 49.0. The lowest BCUT2D eigenvalue weighted by Crippen LogP contribution is -2.46. The first-order valence-electron chi connectivity index (χ1n) is 28.3. The van der Waals surface area contributed by atoms with Gasteiger partial charge in [-0.05, 0) is 83.5 Å². The van der Waals surface area contributed by atoms with Crippen molar-refractivity contribution < 1.29 is 32.9 Å². The predicted molar refractivity (Wildman–Crippen MR) is 304 cm³/mol. The number of amides is 1. The molecule has 0 aliphatic carbocycles. The lowest BCUT2D eigenvalue weighted by molar-refractivity contribution is -0.870. The van der Waals surface area contributed by atoms with Crippen LogP contribution in [0.25, 0.3) is 0 Å². The third kappa shape index (κ3) is 53.0. The van der Waals surface area contributed by atoms with Crippen LogP contribution >= 0.6 is 7.82 Å². The first-order valence-corrected chi connectivity index (χ1v) is 29.7. The number of nitrogens with zero attached hydrogens (tertiary/aromatic N) is 1. The minimum Gasteiger partial charge on any atom is -0.391 e. The molecule has 0 saturated heterocycles. The summed E-state index contributed by atoms with van der Waals surface area (Å²) in [6.45, 7) is 4.75. The first kappa shape index (κ1) is 67.2. The maximum atomic E-state index is 13.0. The molecular formula is C61H108N2O6P+. The molecule has 70 heavy (non-hydrogen) atoms. The largest absolute Gasteiger partial charge is 0.472 e. The minimum absolute atomic E-state index is 0.0669. The standard InChI is InChI=1S/C61H107N2O6P/c1-6-8-10-12-14-16-18-20-21-22-23-24-25-26-27-28-29-30-31-32-33-34-35-36-37-38-39-40-41-43-45-47-49-51-53-55-61(65)62-59(58-69-70(66,67)68-57-56-63(3,4)5)60(64)54-52-50-48-46-44-42-19-17-15-13-11-9-7-2/h8,10,14,16,20-21,23-24,26-27,29-30,32-33,35-36,38-39,59-60,64H,6-7,9,11-13,15,17-19,22,25,28,31,34,37,40-58H2,1-5H3,(H-,62,65,66,67)/p+1/b10-8-,16-14-,21-20-,24-23-,27-26-,30-29-,33-32-,36-35-,39-38-. The number of phosphoric ester groups is 1. The number of unbranched alkanes of at least 4 members (excludes halogenated alkanes) is 19. The van der Waals surface area contributed by atoms with Gasteiger partial charge in [-0.1, -0.05) is 239 Å². The molecule has 402 valence electrons. The Morgan fingerprint density at radius 2 is 0.857 bits per heavy atom. The van der Waals surface area contributed by atoms with Crippen molar-refractivity contribution in [2.24, 2.45) is 0 Å². The molecule has 9 heteroatoms. The summed E-state index contributed by atoms with van der Waals surface area (Å²) in [4.78, 5) is 23.3. The van der Waals surface area contributed by atoms with Gasteiger partial charge < -0.3 is 19.8 Å². The van der Waals surface area contributed by atoms with Crippen LogP contribution < -0.4 is 5.32 Å². The van der Waals surface area contributed by atoms with E-state index in [1.807, 2.05) is 21.1 Å². The molecule has 0 saturated carbocycles. The van der Waals surface area contributed by atoms with Gasteiger partial charge in [0.25, 0.3) is 0 Å². The van der Waals surface area contributed by atoms with Crippen molar-refractivity contribution in [1.82, 2.24) is 5.32 Å². The fraction of sp³-hybridized carbons (Fsp3) is 0.689. The van der Waals surface area contributed by atoms with Gasteiger partial charge in [0, 0.05) is 6.42 Å². The van der Waals surface area contributed by atoms with Crippen LogP contribution in [-0.4, -0.2) is 73.4 Å². The molecule has 3 atom stereocenters. The van der Waals surface area contributed by atoms with Crippen molar-refractivity contribution in [3.05, 3.63) is 109 Å². The Hall–Kier alpha value is -2.84. The molecule has 3 N–H and O–H groups in total. The van der Waals surface area contributed by atoms with Gasteiger partial charge in [-0.15, -0.1) is 0 Å². The zero-order valence-corrected chi connectivity index (χ0v) is 46.6. The van der Waals surface area contributed by atoms with Crippen molar-refractivity contribution in [2.75, 3.05) is 40.9 Å². The smallest absolute Gasteiger partial charge is 0.391 e. The van der Waals surface area contributed by atoms with E-state index in [4.69, 9.17) is 9.05 Å². The molecule has 0 aromatic rings. The van der Waals surface area contributed by atoms with Crippen LogP contribution in [0.2, 0.25) is 0 Å². The highest BCUT2D eigenvalue weighted by atomic mass is 31.2. The third-order valence-corrected chi connectivity index (χ3v) is 13.0. The number of carbonyl (C=O) groups is 1. The Balaban J connectivity index is 4.16. The maximum Gasteiger partial charge on any atom is 0.472 e. The summed E-state index contributed by atoms with van der Waals surface area (Å²) in [7, 11) is 1.59. The van der Waals surface area contributed by atoms with Gasteiger partial charge in [0.1, 0.15) is 13.2 Å². The number of quaternary nitrogens is 1. The van der Waals surface area contributed by atoms with Crippen LogP contribution in [0.5, 0.6) is 0 Å². The number of hydrogen-bond acceptors (Lipinski definition) is 5. The van der Waals surface area contributed by atoms with Crippen LogP contribution in [0.1, 0.15) is 219 Å². The van der Waals surface area contributed by atoms with E-state index in [1.165, 1.54) is 83.5 Å². The summed E-state index contributed by atoms with van der Waals surface area (Å²) in [5.41, 5.74) is 0. The Morgan fingerprint density at radius 1 is 0.500 bits per heavy atom. The van der Waals surface area contributed by atoms with E-state index >= 15 is 0 Å². The van der Waals surface area contributed by atoms with E-state index in [1.54, 1.807) is 0 Å². The predicted octanol–water partition coefficient (Wildman–Crippen LogP) is 17.2. The van der Waals surface area contributed by atoms with Gasteiger partial charge in [-0.2, -0.15) is 0 Å². The molecular weight excluding hydrogens is 888 g/mol. The topological polar surface area (TPSA) is 105 Å². The second kappa shape index (κ2) is 51.1. The number of aliphatic hydroxyl groups is 1. The van der Waals surface area contributed by atoms with Crippen LogP contribution in [0, 0.1) is 0 Å². The minimum atomic E-state index is -4.33. The second-order valence-electron chi connectivity index (χ2n) is 19.9. The number of carbonyl (C=O) groups excluding carboxylic acids is 1. The number of hydrogen-bond donors (Lipinski definition) is 3. The molecule has 0 radical (unpaired) electrons. The van der Waals surface area contributed by atoms with E-state index in [9.17, 15) is 19.4 Å². The Labute approximate surface area is 431 Å². The van der Waals surface area contributed by atoms with Gasteiger partial charge in [0.05, 0.1) is 39.9 Å². The van der Waals surface area contributed by atoms with Crippen LogP contribution in [0.4, 0.5) is 0 Å². The van der Waals surface area contributed by atoms with E-state index in [0.29, 0.717) is 23.9 Å². The Bertz CT molecular complexity index is 1500. The van der Waals surface area contributed by atoms with Crippen molar-refractivity contribution in [2.45, 2.75) is 231 Å². The fourth-order valence-electron chi connectivity index (χ4n) is 7.63. The average Bonchev–Trinajstić information content (AvgIpc) is 3.32. The molecule has 0 aliphatic heterocycles. The normalized spacial score (nSPS) is 14.8. The van der Waals surface area contributed by atoms with Crippen LogP contribution in [0.3, 0.4) is 0 Å². The second-order valence-corrected chi connectivity index (χ2v) is 21.4. The van der Waals surface area contributed by atoms with E-state index in [2.05, 4.69) is 129 Å². The van der Waals surface area contributed by atoms with Gasteiger partial charge in [0.2, 0.25) is 5.91 Å². The molecule has 8 nitrogen and oxygen atoms in total. The van der Waals surface area contributed by atoms with Gasteiger partial charge in [-0.25, -0.2) is 4.57 Å². The number of rotatable bonds is 50. The average molecular weight is 997 g/mol. The van der Waals surface area contributed by atoms with E-state index in [0.717, 1.165) is 109 Å². The van der Waals surface area contributed by atoms with Crippen LogP contribution in [-0.2, 0) is 18.4 Å². The summed E-state index contributed by atoms with van der Waals surface area (Å²) in [5.74, 6) is -0.160. The summed E-state index contributed by atoms with van der Waals surface area (Å²) in [6, 6.07) is -0.773. The molecule has 1 amide bonds. The quantitative estimate of drug-likeness (QED) is 0.0243. The van der Waals surface area contributed by atoms with Crippen molar-refractivity contribution in [3.63, 3.8) is 0 Å². The van der Waals surface area contributed by atoms with Crippen molar-refractivity contribution >= 4 is 13.7 Å². The molecule has 0 fully saturated rings. The fourth-order valence-corrected chi connectivity index (χ4v) is 8.36. The Morgan fingerprint density at radius 3 is 1.26 bits per heavy atom. The molecule has 0 aromatic heterocycles. The van der Waals surface area contributed by atoms with Crippen molar-refractivity contribution in [1.29, 1.82) is 0 Å². The molecule has 0 spiro atoms. The number of allylic oxidation sites excluding steroid dienone is 18. The van der Waals surface area contributed by atoms with Crippen molar-refractivity contribution in [3.8, 4) is 0 Å². The molecule has 0 bridgehead atoms. The highest BCUT2D eigenvalue weighted by Crippen LogP contribution is 2.43.